The average Bonchev–Trinajstić information content (AvgIpc) is 3.14. The third-order valence-corrected chi connectivity index (χ3v) is 6.06. The number of nitrogens with zero attached hydrogens (tertiary/aromatic N) is 2. The van der Waals surface area contributed by atoms with Crippen molar-refractivity contribution < 1.29 is 26.9 Å². The van der Waals surface area contributed by atoms with E-state index in [1.165, 1.54) is 30.3 Å². The van der Waals surface area contributed by atoms with Crippen molar-refractivity contribution in [3.05, 3.63) is 53.5 Å². The zero-order valence-electron chi connectivity index (χ0n) is 15.5. The van der Waals surface area contributed by atoms with Gasteiger partial charge < -0.3 is 14.2 Å². The minimum atomic E-state index is -4.01. The summed E-state index contributed by atoms with van der Waals surface area (Å²) in [6, 6.07) is 8.16. The van der Waals surface area contributed by atoms with E-state index in [1.54, 1.807) is 11.8 Å². The van der Waals surface area contributed by atoms with Crippen LogP contribution >= 0.6 is 0 Å². The second-order valence-electron chi connectivity index (χ2n) is 6.66. The summed E-state index contributed by atoms with van der Waals surface area (Å²) in [5.41, 5.74) is 0.843. The molecule has 1 aliphatic rings. The summed E-state index contributed by atoms with van der Waals surface area (Å²) in [4.78, 5) is 14.2. The molecule has 4 rings (SSSR count). The van der Waals surface area contributed by atoms with Crippen LogP contribution in [0, 0.1) is 12.7 Å². The molecule has 0 atom stereocenters. The maximum atomic E-state index is 13.7. The number of aromatic nitrogens is 1. The van der Waals surface area contributed by atoms with Crippen LogP contribution in [0.3, 0.4) is 0 Å². The highest BCUT2D eigenvalue weighted by atomic mass is 32.2. The molecule has 3 aromatic rings. The molecule has 29 heavy (non-hydrogen) atoms. The molecule has 2 heterocycles. The van der Waals surface area contributed by atoms with Gasteiger partial charge in [0.05, 0.1) is 29.2 Å². The summed E-state index contributed by atoms with van der Waals surface area (Å²) in [5.74, 6) is -0.867. The summed E-state index contributed by atoms with van der Waals surface area (Å²) in [5, 5.41) is 4.12. The monoisotopic (exact) mass is 419 g/mol. The number of ether oxygens (including phenoxy) is 1. The number of carbonyl (C=O) groups is 1. The lowest BCUT2D eigenvalue weighted by molar-refractivity contribution is 0.0297. The zero-order chi connectivity index (χ0) is 20.6. The second kappa shape index (κ2) is 7.45. The molecule has 1 fully saturated rings. The van der Waals surface area contributed by atoms with Crippen LogP contribution in [0.1, 0.15) is 16.1 Å². The van der Waals surface area contributed by atoms with E-state index in [-0.39, 0.29) is 22.2 Å². The number of sulfonamides is 1. The summed E-state index contributed by atoms with van der Waals surface area (Å²) < 4.78 is 52.0. The lowest BCUT2D eigenvalue weighted by Gasteiger charge is -2.25. The van der Waals surface area contributed by atoms with Crippen molar-refractivity contribution in [3.63, 3.8) is 0 Å². The van der Waals surface area contributed by atoms with Gasteiger partial charge >= 0.3 is 0 Å². The second-order valence-corrected chi connectivity index (χ2v) is 8.35. The van der Waals surface area contributed by atoms with Crippen LogP contribution in [0.2, 0.25) is 0 Å². The standard InChI is InChI=1S/C19H18FN3O5S/c1-12-2-3-13(10-16(12)20)22-29(25,26)14-4-5-17-15(11-14)18(21-28-17)19(24)23-6-8-27-9-7-23/h2-5,10-11,22H,6-9H2,1H3. The first-order chi connectivity index (χ1) is 13.8. The number of aryl methyl sites for hydroxylation is 1. The van der Waals surface area contributed by atoms with Crippen molar-refractivity contribution >= 4 is 32.6 Å². The number of hydrogen-bond acceptors (Lipinski definition) is 6. The lowest BCUT2D eigenvalue weighted by Crippen LogP contribution is -2.40. The number of fused-ring (bicyclic) bond motifs is 1. The fourth-order valence-electron chi connectivity index (χ4n) is 3.03. The van der Waals surface area contributed by atoms with Crippen molar-refractivity contribution in [2.75, 3.05) is 31.0 Å². The molecule has 0 radical (unpaired) electrons. The largest absolute Gasteiger partial charge is 0.378 e. The molecular formula is C19H18FN3O5S. The van der Waals surface area contributed by atoms with Crippen LogP contribution in [0.4, 0.5) is 10.1 Å². The summed E-state index contributed by atoms with van der Waals surface area (Å²) in [6.45, 7) is 3.29. The van der Waals surface area contributed by atoms with Gasteiger partial charge in [0.2, 0.25) is 0 Å². The van der Waals surface area contributed by atoms with Crippen molar-refractivity contribution in [2.45, 2.75) is 11.8 Å². The Morgan fingerprint density at radius 2 is 1.93 bits per heavy atom. The number of carbonyl (C=O) groups excluding carboxylic acids is 1. The van der Waals surface area contributed by atoms with Gasteiger partial charge in [0.1, 0.15) is 5.82 Å². The maximum Gasteiger partial charge on any atom is 0.276 e. The number of halogens is 1. The highest BCUT2D eigenvalue weighted by molar-refractivity contribution is 7.92. The summed E-state index contributed by atoms with van der Waals surface area (Å²) in [7, 11) is -4.01. The van der Waals surface area contributed by atoms with Gasteiger partial charge in [-0.3, -0.25) is 9.52 Å². The molecule has 0 spiro atoms. The van der Waals surface area contributed by atoms with Crippen molar-refractivity contribution in [2.24, 2.45) is 0 Å². The Bertz CT molecular complexity index is 1190. The summed E-state index contributed by atoms with van der Waals surface area (Å²) in [6.07, 6.45) is 0. The molecular weight excluding hydrogens is 401 g/mol. The third kappa shape index (κ3) is 3.81. The predicted molar refractivity (Wildman–Crippen MR) is 103 cm³/mol. The molecule has 0 bridgehead atoms. The Morgan fingerprint density at radius 3 is 2.66 bits per heavy atom. The Balaban J connectivity index is 1.67. The smallest absolute Gasteiger partial charge is 0.276 e. The lowest BCUT2D eigenvalue weighted by atomic mass is 10.2. The number of hydrogen-bond donors (Lipinski definition) is 1. The van der Waals surface area contributed by atoms with Crippen LogP contribution < -0.4 is 4.72 Å². The molecule has 1 aliphatic heterocycles. The quantitative estimate of drug-likeness (QED) is 0.697. The molecule has 10 heteroatoms. The molecule has 152 valence electrons. The molecule has 1 N–H and O–H groups in total. The Morgan fingerprint density at radius 1 is 1.17 bits per heavy atom. The Hall–Kier alpha value is -2.98. The van der Waals surface area contributed by atoms with E-state index in [9.17, 15) is 17.6 Å². The van der Waals surface area contributed by atoms with Crippen molar-refractivity contribution in [3.8, 4) is 0 Å². The predicted octanol–water partition coefficient (Wildman–Crippen LogP) is 2.55. The minimum Gasteiger partial charge on any atom is -0.378 e. The van der Waals surface area contributed by atoms with E-state index in [0.29, 0.717) is 42.8 Å². The van der Waals surface area contributed by atoms with Gasteiger partial charge in [-0.05, 0) is 42.8 Å². The normalized spacial score (nSPS) is 14.9. The number of rotatable bonds is 4. The van der Waals surface area contributed by atoms with E-state index >= 15 is 0 Å². The Kier molecular flexibility index (Phi) is 4.97. The van der Waals surface area contributed by atoms with Gasteiger partial charge in [0.15, 0.2) is 11.3 Å². The first kappa shape index (κ1) is 19.3. The molecule has 8 nitrogen and oxygen atoms in total. The molecule has 0 saturated carbocycles. The van der Waals surface area contributed by atoms with Gasteiger partial charge in [-0.1, -0.05) is 11.2 Å². The molecule has 0 aliphatic carbocycles. The zero-order valence-corrected chi connectivity index (χ0v) is 16.3. The molecule has 1 amide bonds. The van der Waals surface area contributed by atoms with Crippen molar-refractivity contribution in [1.82, 2.24) is 10.1 Å². The van der Waals surface area contributed by atoms with Gasteiger partial charge in [-0.25, -0.2) is 12.8 Å². The van der Waals surface area contributed by atoms with E-state index in [2.05, 4.69) is 9.88 Å². The SMILES string of the molecule is Cc1ccc(NS(=O)(=O)c2ccc3onc(C(=O)N4CCOCC4)c3c2)cc1F. The number of amides is 1. The van der Waals surface area contributed by atoms with Gasteiger partial charge in [-0.2, -0.15) is 0 Å². The van der Waals surface area contributed by atoms with Gasteiger partial charge in [-0.15, -0.1) is 0 Å². The fraction of sp³-hybridized carbons (Fsp3) is 0.263. The molecule has 1 aromatic heterocycles. The number of benzene rings is 2. The van der Waals surface area contributed by atoms with Crippen LogP contribution in [0.15, 0.2) is 45.8 Å². The maximum absolute atomic E-state index is 13.7. The van der Waals surface area contributed by atoms with Crippen molar-refractivity contribution in [1.29, 1.82) is 0 Å². The highest BCUT2D eigenvalue weighted by Gasteiger charge is 2.25. The van der Waals surface area contributed by atoms with Crippen LogP contribution in [0.25, 0.3) is 11.0 Å². The Labute approximate surface area is 166 Å². The van der Waals surface area contributed by atoms with E-state index in [0.717, 1.165) is 6.07 Å². The summed E-state index contributed by atoms with van der Waals surface area (Å²) >= 11 is 0. The third-order valence-electron chi connectivity index (χ3n) is 4.68. The van der Waals surface area contributed by atoms with Crippen LogP contribution in [0.5, 0.6) is 0 Å². The van der Waals surface area contributed by atoms with Crippen LogP contribution in [-0.4, -0.2) is 50.7 Å². The number of nitrogens with one attached hydrogen (secondary N) is 1. The number of morpholine rings is 1. The average molecular weight is 419 g/mol. The van der Waals surface area contributed by atoms with E-state index < -0.39 is 15.8 Å². The molecule has 1 saturated heterocycles. The fourth-order valence-corrected chi connectivity index (χ4v) is 4.10. The van der Waals surface area contributed by atoms with Gasteiger partial charge in [0.25, 0.3) is 15.9 Å². The first-order valence-corrected chi connectivity index (χ1v) is 10.4. The molecule has 2 aromatic carbocycles. The van der Waals surface area contributed by atoms with Crippen LogP contribution in [-0.2, 0) is 14.8 Å². The number of anilines is 1. The van der Waals surface area contributed by atoms with E-state index in [1.807, 2.05) is 0 Å². The minimum absolute atomic E-state index is 0.0420. The molecule has 0 unspecified atom stereocenters. The van der Waals surface area contributed by atoms with E-state index in [4.69, 9.17) is 9.26 Å². The highest BCUT2D eigenvalue weighted by Crippen LogP contribution is 2.25. The topological polar surface area (TPSA) is 102 Å². The van der Waals surface area contributed by atoms with Gasteiger partial charge in [0, 0.05) is 13.1 Å². The first-order valence-electron chi connectivity index (χ1n) is 8.90.